The van der Waals surface area contributed by atoms with E-state index in [1.54, 1.807) is 14.1 Å². The molecule has 0 bridgehead atoms. The number of aromatic nitrogens is 3. The number of nitrogens with one attached hydrogen (secondary N) is 1. The van der Waals surface area contributed by atoms with E-state index in [1.807, 2.05) is 12.1 Å². The summed E-state index contributed by atoms with van der Waals surface area (Å²) < 4.78 is 14.1. The van der Waals surface area contributed by atoms with Gasteiger partial charge in [-0.05, 0) is 24.3 Å². The maximum absolute atomic E-state index is 13.3. The first-order chi connectivity index (χ1) is 16.9. The highest BCUT2D eigenvalue weighted by Gasteiger charge is 2.36. The monoisotopic (exact) mass is 479 g/mol. The number of H-pyrrole nitrogens is 1. The van der Waals surface area contributed by atoms with Crippen LogP contribution < -0.4 is 5.56 Å². The summed E-state index contributed by atoms with van der Waals surface area (Å²) in [6.45, 7) is 0.0451. The van der Waals surface area contributed by atoms with Crippen LogP contribution in [0.5, 0.6) is 0 Å². The Kier molecular flexibility index (Phi) is 6.17. The molecule has 1 saturated carbocycles. The average molecular weight is 480 g/mol. The lowest BCUT2D eigenvalue weighted by atomic mass is 9.84. The molecular weight excluding hydrogens is 449 g/mol. The van der Waals surface area contributed by atoms with E-state index in [0.717, 1.165) is 10.1 Å². The second-order valence-electron chi connectivity index (χ2n) is 9.89. The van der Waals surface area contributed by atoms with Gasteiger partial charge in [0.1, 0.15) is 11.3 Å². The van der Waals surface area contributed by atoms with Crippen molar-refractivity contribution in [3.63, 3.8) is 0 Å². The van der Waals surface area contributed by atoms with Crippen LogP contribution in [0.2, 0.25) is 0 Å². The minimum absolute atomic E-state index is 0.00176. The van der Waals surface area contributed by atoms with Crippen LogP contribution in [0.1, 0.15) is 64.4 Å². The van der Waals surface area contributed by atoms with E-state index in [4.69, 9.17) is 0 Å². The molecule has 1 saturated heterocycles. The van der Waals surface area contributed by atoms with Gasteiger partial charge in [-0.15, -0.1) is 0 Å². The number of amides is 2. The Balaban J connectivity index is 1.56. The molecule has 8 nitrogen and oxygen atoms in total. The minimum Gasteiger partial charge on any atom is -0.343 e. The summed E-state index contributed by atoms with van der Waals surface area (Å²) in [5, 5.41) is 2.78. The van der Waals surface area contributed by atoms with Gasteiger partial charge in [0.25, 0.3) is 17.4 Å². The first-order valence-electron chi connectivity index (χ1n) is 12.2. The molecule has 2 amide bonds. The van der Waals surface area contributed by atoms with Crippen molar-refractivity contribution in [2.75, 3.05) is 33.9 Å². The number of rotatable bonds is 5. The Morgan fingerprint density at radius 2 is 1.80 bits per heavy atom. The first-order valence-corrected chi connectivity index (χ1v) is 12.2. The molecule has 9 heteroatoms. The first kappa shape index (κ1) is 23.3. The molecule has 35 heavy (non-hydrogen) atoms. The van der Waals surface area contributed by atoms with Gasteiger partial charge < -0.3 is 9.80 Å². The number of halogens is 1. The zero-order chi connectivity index (χ0) is 24.7. The second kappa shape index (κ2) is 9.28. The zero-order valence-corrected chi connectivity index (χ0v) is 20.1. The molecule has 3 heterocycles. The Hall–Kier alpha value is -3.49. The minimum atomic E-state index is -0.500. The number of nitrogens with zero attached hydrogens (tertiary/aromatic N) is 4. The Morgan fingerprint density at radius 3 is 2.43 bits per heavy atom. The molecule has 1 aliphatic carbocycles. The molecule has 2 fully saturated rings. The number of carbonyl (C=O) groups is 2. The number of likely N-dealkylation sites (tertiary alicyclic amines) is 1. The number of fused-ring (bicyclic) bond motifs is 1. The van der Waals surface area contributed by atoms with Crippen molar-refractivity contribution in [1.29, 1.82) is 0 Å². The van der Waals surface area contributed by atoms with E-state index in [-0.39, 0.29) is 35.9 Å². The number of carbonyl (C=O) groups excluding carboxylic acids is 2. The van der Waals surface area contributed by atoms with Gasteiger partial charge >= 0.3 is 0 Å². The van der Waals surface area contributed by atoms with Crippen molar-refractivity contribution in [3.05, 3.63) is 57.5 Å². The quantitative estimate of drug-likeness (QED) is 0.607. The van der Waals surface area contributed by atoms with Crippen LogP contribution in [0.4, 0.5) is 4.39 Å². The molecule has 0 spiro atoms. The largest absolute Gasteiger partial charge is 0.343 e. The lowest BCUT2D eigenvalue weighted by molar-refractivity contribution is 0.0450. The second-order valence-corrected chi connectivity index (χ2v) is 9.89. The summed E-state index contributed by atoms with van der Waals surface area (Å²) in [5.41, 5.74) is 2.22. The summed E-state index contributed by atoms with van der Waals surface area (Å²) in [4.78, 5) is 46.7. The molecule has 184 valence electrons. The summed E-state index contributed by atoms with van der Waals surface area (Å²) in [7, 11) is 3.14. The molecule has 1 aromatic carbocycles. The van der Waals surface area contributed by atoms with Crippen LogP contribution in [0.15, 0.2) is 35.1 Å². The smallest absolute Gasteiger partial charge is 0.273 e. The van der Waals surface area contributed by atoms with E-state index >= 15 is 0 Å². The average Bonchev–Trinajstić information content (AvgIpc) is 3.23. The van der Waals surface area contributed by atoms with Crippen molar-refractivity contribution in [2.24, 2.45) is 5.92 Å². The Labute approximate surface area is 202 Å². The third-order valence-electron chi connectivity index (χ3n) is 7.20. The van der Waals surface area contributed by atoms with Crippen molar-refractivity contribution < 1.29 is 14.0 Å². The third-order valence-corrected chi connectivity index (χ3v) is 7.20. The SMILES string of the molecule is CN(C)C(=O)c1[nH]n2c(=O)cc(-c3ccc(C4CCCCC4)cc3)nc2c1C(=O)N1CC(CF)C1. The van der Waals surface area contributed by atoms with E-state index in [2.05, 4.69) is 22.2 Å². The number of alkyl halides is 1. The highest BCUT2D eigenvalue weighted by Crippen LogP contribution is 2.33. The highest BCUT2D eigenvalue weighted by atomic mass is 19.1. The van der Waals surface area contributed by atoms with E-state index < -0.39 is 24.0 Å². The molecule has 5 rings (SSSR count). The normalized spacial score (nSPS) is 16.9. The van der Waals surface area contributed by atoms with Gasteiger partial charge in [0, 0.05) is 44.7 Å². The van der Waals surface area contributed by atoms with Crippen LogP contribution in [-0.2, 0) is 0 Å². The van der Waals surface area contributed by atoms with E-state index in [9.17, 15) is 18.8 Å². The number of hydrogen-bond acceptors (Lipinski definition) is 4. The van der Waals surface area contributed by atoms with E-state index in [0.29, 0.717) is 11.6 Å². The maximum atomic E-state index is 13.3. The summed E-state index contributed by atoms with van der Waals surface area (Å²) >= 11 is 0. The predicted molar refractivity (Wildman–Crippen MR) is 130 cm³/mol. The molecule has 0 radical (unpaired) electrons. The van der Waals surface area contributed by atoms with Crippen LogP contribution >= 0.6 is 0 Å². The number of aromatic amines is 1. The van der Waals surface area contributed by atoms with Crippen molar-refractivity contribution in [1.82, 2.24) is 24.4 Å². The van der Waals surface area contributed by atoms with Gasteiger partial charge in [0.2, 0.25) is 0 Å². The number of benzene rings is 1. The molecule has 3 aromatic rings. The molecule has 1 N–H and O–H groups in total. The Bertz CT molecular complexity index is 1320. The molecule has 0 unspecified atom stereocenters. The van der Waals surface area contributed by atoms with Crippen molar-refractivity contribution in [2.45, 2.75) is 38.0 Å². The number of hydrogen-bond donors (Lipinski definition) is 1. The molecule has 2 aliphatic rings. The van der Waals surface area contributed by atoms with Gasteiger partial charge in [0.15, 0.2) is 5.65 Å². The molecule has 1 aliphatic heterocycles. The zero-order valence-electron chi connectivity index (χ0n) is 20.1. The maximum Gasteiger partial charge on any atom is 0.273 e. The Morgan fingerprint density at radius 1 is 1.11 bits per heavy atom. The van der Waals surface area contributed by atoms with Gasteiger partial charge in [0.05, 0.1) is 12.4 Å². The fourth-order valence-electron chi connectivity index (χ4n) is 5.12. The van der Waals surface area contributed by atoms with Gasteiger partial charge in [-0.2, -0.15) is 0 Å². The summed E-state index contributed by atoms with van der Waals surface area (Å²) in [5.74, 6) is -0.516. The standard InChI is InChI=1S/C26H30FN5O3/c1-30(2)26(35)23-22(25(34)31-14-16(13-27)15-31)24-28-20(12-21(33)32(24)29-23)19-10-8-18(9-11-19)17-6-4-3-5-7-17/h8-12,16-17,29H,3-7,13-15H2,1-2H3. The van der Waals surface area contributed by atoms with Crippen LogP contribution in [0.3, 0.4) is 0 Å². The topological polar surface area (TPSA) is 90.8 Å². The summed E-state index contributed by atoms with van der Waals surface area (Å²) in [6.07, 6.45) is 6.19. The van der Waals surface area contributed by atoms with Crippen LogP contribution in [-0.4, -0.2) is 70.1 Å². The highest BCUT2D eigenvalue weighted by molar-refractivity contribution is 6.10. The lowest BCUT2D eigenvalue weighted by Gasteiger charge is -2.37. The van der Waals surface area contributed by atoms with Crippen LogP contribution in [0, 0.1) is 5.92 Å². The fourth-order valence-corrected chi connectivity index (χ4v) is 5.12. The predicted octanol–water partition coefficient (Wildman–Crippen LogP) is 3.48. The van der Waals surface area contributed by atoms with Crippen molar-refractivity contribution >= 4 is 17.5 Å². The molecular formula is C26H30FN5O3. The van der Waals surface area contributed by atoms with E-state index in [1.165, 1.54) is 53.5 Å². The van der Waals surface area contributed by atoms with Crippen molar-refractivity contribution in [3.8, 4) is 11.3 Å². The van der Waals surface area contributed by atoms with Crippen LogP contribution in [0.25, 0.3) is 16.9 Å². The van der Waals surface area contributed by atoms with Gasteiger partial charge in [-0.3, -0.25) is 23.9 Å². The van der Waals surface area contributed by atoms with Gasteiger partial charge in [-0.25, -0.2) is 9.50 Å². The lowest BCUT2D eigenvalue weighted by Crippen LogP contribution is -2.51. The third kappa shape index (κ3) is 4.24. The molecule has 0 atom stereocenters. The fraction of sp³-hybridized carbons (Fsp3) is 0.462. The molecule has 2 aromatic heterocycles. The van der Waals surface area contributed by atoms with Gasteiger partial charge in [-0.1, -0.05) is 43.5 Å². The summed E-state index contributed by atoms with van der Waals surface area (Å²) in [6, 6.07) is 9.51.